The Bertz CT molecular complexity index is 622. The number of benzene rings is 1. The quantitative estimate of drug-likeness (QED) is 0.695. The SMILES string of the molecule is CN(CCOC(=O)CCN1C(=O)COc2ccccc21)CC(F)(F)F. The number of anilines is 1. The number of rotatable bonds is 7. The molecule has 0 unspecified atom stereocenters. The van der Waals surface area contributed by atoms with Crippen LogP contribution in [0.2, 0.25) is 0 Å². The van der Waals surface area contributed by atoms with Gasteiger partial charge in [-0.25, -0.2) is 0 Å². The summed E-state index contributed by atoms with van der Waals surface area (Å²) in [6.45, 7) is -1.21. The molecule has 0 spiro atoms. The van der Waals surface area contributed by atoms with Gasteiger partial charge in [0, 0.05) is 13.1 Å². The minimum atomic E-state index is -4.29. The highest BCUT2D eigenvalue weighted by Crippen LogP contribution is 2.31. The maximum atomic E-state index is 12.2. The van der Waals surface area contributed by atoms with Crippen LogP contribution in [-0.4, -0.2) is 62.8 Å². The van der Waals surface area contributed by atoms with Crippen LogP contribution in [0.15, 0.2) is 24.3 Å². The van der Waals surface area contributed by atoms with Crippen LogP contribution < -0.4 is 9.64 Å². The number of hydrogen-bond donors (Lipinski definition) is 0. The van der Waals surface area contributed by atoms with E-state index < -0.39 is 18.7 Å². The molecule has 0 radical (unpaired) electrons. The number of nitrogens with zero attached hydrogens (tertiary/aromatic N) is 2. The van der Waals surface area contributed by atoms with Gasteiger partial charge in [-0.05, 0) is 19.2 Å². The van der Waals surface area contributed by atoms with Gasteiger partial charge < -0.3 is 14.4 Å². The molecule has 1 aliphatic rings. The second kappa shape index (κ2) is 8.19. The Kier molecular flexibility index (Phi) is 6.24. The molecule has 1 heterocycles. The minimum absolute atomic E-state index is 0.0232. The first-order valence-corrected chi connectivity index (χ1v) is 7.69. The van der Waals surface area contributed by atoms with Crippen molar-refractivity contribution in [1.29, 1.82) is 0 Å². The summed E-state index contributed by atoms with van der Waals surface area (Å²) in [5, 5.41) is 0. The van der Waals surface area contributed by atoms with E-state index in [1.165, 1.54) is 11.9 Å². The average Bonchev–Trinajstić information content (AvgIpc) is 2.52. The van der Waals surface area contributed by atoms with Gasteiger partial charge in [-0.1, -0.05) is 12.1 Å². The molecular formula is C16H19F3N2O4. The van der Waals surface area contributed by atoms with Gasteiger partial charge in [-0.3, -0.25) is 14.5 Å². The summed E-state index contributed by atoms with van der Waals surface area (Å²) < 4.78 is 46.8. The Hall–Kier alpha value is -2.29. The molecule has 0 N–H and O–H groups in total. The van der Waals surface area contributed by atoms with Gasteiger partial charge in [0.1, 0.15) is 12.4 Å². The highest BCUT2D eigenvalue weighted by atomic mass is 19.4. The molecule has 138 valence electrons. The van der Waals surface area contributed by atoms with Gasteiger partial charge in [0.25, 0.3) is 5.91 Å². The molecular weight excluding hydrogens is 341 g/mol. The fourth-order valence-electron chi connectivity index (χ4n) is 2.37. The van der Waals surface area contributed by atoms with E-state index in [0.29, 0.717) is 11.4 Å². The van der Waals surface area contributed by atoms with Gasteiger partial charge in [0.05, 0.1) is 18.7 Å². The molecule has 0 aliphatic carbocycles. The predicted molar refractivity (Wildman–Crippen MR) is 83.4 cm³/mol. The molecule has 1 aliphatic heterocycles. The molecule has 0 bridgehead atoms. The highest BCUT2D eigenvalue weighted by molar-refractivity contribution is 5.98. The number of esters is 1. The van der Waals surface area contributed by atoms with Gasteiger partial charge >= 0.3 is 12.1 Å². The van der Waals surface area contributed by atoms with Crippen LogP contribution in [0.25, 0.3) is 0 Å². The number of carbonyl (C=O) groups is 2. The van der Waals surface area contributed by atoms with Crippen molar-refractivity contribution in [1.82, 2.24) is 4.90 Å². The summed E-state index contributed by atoms with van der Waals surface area (Å²) in [5.74, 6) is -0.280. The first kappa shape index (κ1) is 19.0. The third-order valence-electron chi connectivity index (χ3n) is 3.53. The van der Waals surface area contributed by atoms with Crippen molar-refractivity contribution in [3.63, 3.8) is 0 Å². The normalized spacial score (nSPS) is 14.3. The van der Waals surface area contributed by atoms with Crippen molar-refractivity contribution in [2.75, 3.05) is 44.8 Å². The van der Waals surface area contributed by atoms with Crippen molar-refractivity contribution in [3.05, 3.63) is 24.3 Å². The number of amides is 1. The lowest BCUT2D eigenvalue weighted by Gasteiger charge is -2.29. The molecule has 0 saturated heterocycles. The summed E-state index contributed by atoms with van der Waals surface area (Å²) >= 11 is 0. The topological polar surface area (TPSA) is 59.1 Å². The molecule has 25 heavy (non-hydrogen) atoms. The Labute approximate surface area is 143 Å². The number of likely N-dealkylation sites (N-methyl/N-ethyl adjacent to an activating group) is 1. The average molecular weight is 360 g/mol. The van der Waals surface area contributed by atoms with Gasteiger partial charge in [-0.15, -0.1) is 0 Å². The molecule has 0 fully saturated rings. The van der Waals surface area contributed by atoms with E-state index in [1.807, 2.05) is 0 Å². The zero-order valence-corrected chi connectivity index (χ0v) is 13.7. The van der Waals surface area contributed by atoms with E-state index in [4.69, 9.17) is 9.47 Å². The Morgan fingerprint density at radius 3 is 2.80 bits per heavy atom. The van der Waals surface area contributed by atoms with Gasteiger partial charge in [0.2, 0.25) is 0 Å². The smallest absolute Gasteiger partial charge is 0.401 e. The van der Waals surface area contributed by atoms with Crippen LogP contribution in [0.3, 0.4) is 0 Å². The number of ether oxygens (including phenoxy) is 2. The lowest BCUT2D eigenvalue weighted by Crippen LogP contribution is -2.40. The summed E-state index contributed by atoms with van der Waals surface area (Å²) in [7, 11) is 1.30. The summed E-state index contributed by atoms with van der Waals surface area (Å²) in [5.41, 5.74) is 0.580. The summed E-state index contributed by atoms with van der Waals surface area (Å²) in [6.07, 6.45) is -4.34. The van der Waals surface area contributed by atoms with E-state index >= 15 is 0 Å². The van der Waals surface area contributed by atoms with Crippen molar-refractivity contribution in [3.8, 4) is 5.75 Å². The monoisotopic (exact) mass is 360 g/mol. The van der Waals surface area contributed by atoms with E-state index in [1.54, 1.807) is 24.3 Å². The van der Waals surface area contributed by atoms with E-state index in [9.17, 15) is 22.8 Å². The summed E-state index contributed by atoms with van der Waals surface area (Å²) in [6, 6.07) is 6.97. The van der Waals surface area contributed by atoms with Crippen molar-refractivity contribution in [2.45, 2.75) is 12.6 Å². The molecule has 1 amide bonds. The molecule has 1 aromatic rings. The third kappa shape index (κ3) is 5.93. The Balaban J connectivity index is 1.76. The predicted octanol–water partition coefficient (Wildman–Crippen LogP) is 1.84. The lowest BCUT2D eigenvalue weighted by molar-refractivity contribution is -0.149. The minimum Gasteiger partial charge on any atom is -0.482 e. The van der Waals surface area contributed by atoms with E-state index in [0.717, 1.165) is 4.90 Å². The second-order valence-corrected chi connectivity index (χ2v) is 5.63. The van der Waals surface area contributed by atoms with Crippen molar-refractivity contribution in [2.24, 2.45) is 0 Å². The zero-order chi connectivity index (χ0) is 18.4. The highest BCUT2D eigenvalue weighted by Gasteiger charge is 2.29. The van der Waals surface area contributed by atoms with Crippen molar-refractivity contribution < 1.29 is 32.2 Å². The Morgan fingerprint density at radius 1 is 1.36 bits per heavy atom. The largest absolute Gasteiger partial charge is 0.482 e. The number of para-hydroxylation sites is 2. The van der Waals surface area contributed by atoms with Crippen LogP contribution in [-0.2, 0) is 14.3 Å². The second-order valence-electron chi connectivity index (χ2n) is 5.63. The molecule has 1 aromatic carbocycles. The van der Waals surface area contributed by atoms with Crippen LogP contribution >= 0.6 is 0 Å². The van der Waals surface area contributed by atoms with Gasteiger partial charge in [-0.2, -0.15) is 13.2 Å². The molecule has 2 rings (SSSR count). The maximum Gasteiger partial charge on any atom is 0.401 e. The molecule has 0 atom stereocenters. The molecule has 0 saturated carbocycles. The van der Waals surface area contributed by atoms with Gasteiger partial charge in [0.15, 0.2) is 6.61 Å². The first-order valence-electron chi connectivity index (χ1n) is 7.69. The van der Waals surface area contributed by atoms with E-state index in [-0.39, 0.29) is 38.6 Å². The fraction of sp³-hybridized carbons (Fsp3) is 0.500. The number of hydrogen-bond acceptors (Lipinski definition) is 5. The van der Waals surface area contributed by atoms with Crippen LogP contribution in [0.1, 0.15) is 6.42 Å². The van der Waals surface area contributed by atoms with E-state index in [2.05, 4.69) is 0 Å². The first-order chi connectivity index (χ1) is 11.8. The maximum absolute atomic E-state index is 12.2. The summed E-state index contributed by atoms with van der Waals surface area (Å²) in [4.78, 5) is 26.1. The number of carbonyl (C=O) groups excluding carboxylic acids is 2. The van der Waals surface area contributed by atoms with Crippen LogP contribution in [0.4, 0.5) is 18.9 Å². The Morgan fingerprint density at radius 2 is 2.08 bits per heavy atom. The van der Waals surface area contributed by atoms with Crippen molar-refractivity contribution >= 4 is 17.6 Å². The number of fused-ring (bicyclic) bond motifs is 1. The third-order valence-corrected chi connectivity index (χ3v) is 3.53. The van der Waals surface area contributed by atoms with Crippen LogP contribution in [0.5, 0.6) is 5.75 Å². The molecule has 6 nitrogen and oxygen atoms in total. The lowest BCUT2D eigenvalue weighted by atomic mass is 10.2. The van der Waals surface area contributed by atoms with Crippen LogP contribution in [0, 0.1) is 0 Å². The number of alkyl halides is 3. The zero-order valence-electron chi connectivity index (χ0n) is 13.7. The molecule has 9 heteroatoms. The molecule has 0 aromatic heterocycles. The number of halogens is 3. The fourth-order valence-corrected chi connectivity index (χ4v) is 2.37. The standard InChI is InChI=1S/C16H19F3N2O4/c1-20(11-16(17,18)19)8-9-24-15(23)6-7-21-12-4-2-3-5-13(12)25-10-14(21)22/h2-5H,6-11H2,1H3.